The van der Waals surface area contributed by atoms with E-state index in [-0.39, 0.29) is 12.1 Å². The summed E-state index contributed by atoms with van der Waals surface area (Å²) in [5, 5.41) is 13.9. The maximum Gasteiger partial charge on any atom is 0.263 e. The van der Waals surface area contributed by atoms with Gasteiger partial charge >= 0.3 is 0 Å². The predicted molar refractivity (Wildman–Crippen MR) is 104 cm³/mol. The lowest BCUT2D eigenvalue weighted by Crippen LogP contribution is -2.44. The summed E-state index contributed by atoms with van der Waals surface area (Å²) in [5.74, 6) is -1.68. The number of aliphatic hydroxyl groups excluding tert-OH is 1. The van der Waals surface area contributed by atoms with E-state index in [1.807, 2.05) is 36.4 Å². The molecule has 1 aromatic rings. The largest absolute Gasteiger partial charge is 0.389 e. The zero-order chi connectivity index (χ0) is 20.3. The molecule has 1 N–H and O–H groups in total. The molecule has 1 fully saturated rings. The van der Waals surface area contributed by atoms with Crippen molar-refractivity contribution in [2.45, 2.75) is 31.3 Å². The molecule has 0 aliphatic carbocycles. The smallest absolute Gasteiger partial charge is 0.263 e. The van der Waals surface area contributed by atoms with Gasteiger partial charge in [0.2, 0.25) is 0 Å². The number of hydrogen-bond acceptors (Lipinski definition) is 6. The fraction of sp³-hybridized carbons (Fsp3) is 0.333. The van der Waals surface area contributed by atoms with Crippen LogP contribution in [0.15, 0.2) is 66.0 Å². The highest BCUT2D eigenvalue weighted by atomic mass is 16.6. The lowest BCUT2D eigenvalue weighted by atomic mass is 9.86. The first-order valence-electron chi connectivity index (χ1n) is 9.06. The molecule has 0 aromatic heterocycles. The Bertz CT molecular complexity index is 848. The second-order valence-electron chi connectivity index (χ2n) is 6.88. The highest BCUT2D eigenvalue weighted by Crippen LogP contribution is 2.41. The lowest BCUT2D eigenvalue weighted by Gasteiger charge is -2.32. The Morgan fingerprint density at radius 2 is 2.04 bits per heavy atom. The van der Waals surface area contributed by atoms with E-state index in [4.69, 9.17) is 4.74 Å². The normalized spacial score (nSPS) is 30.4. The van der Waals surface area contributed by atoms with E-state index in [1.165, 1.54) is 17.2 Å². The number of carbonyl (C=O) groups is 2. The molecular weight excluding hydrogens is 360 g/mol. The third-order valence-corrected chi connectivity index (χ3v) is 5.28. The van der Waals surface area contributed by atoms with Gasteiger partial charge in [0.1, 0.15) is 18.4 Å². The van der Waals surface area contributed by atoms with Gasteiger partial charge in [0, 0.05) is 12.3 Å². The van der Waals surface area contributed by atoms with Crippen LogP contribution in [0.2, 0.25) is 0 Å². The van der Waals surface area contributed by atoms with Crippen molar-refractivity contribution in [3.8, 4) is 0 Å². The molecule has 0 bridgehead atoms. The van der Waals surface area contributed by atoms with Crippen LogP contribution in [0.25, 0.3) is 6.08 Å². The number of aliphatic hydroxyl groups is 1. The van der Waals surface area contributed by atoms with Gasteiger partial charge in [-0.25, -0.2) is 0 Å². The van der Waals surface area contributed by atoms with Crippen molar-refractivity contribution >= 4 is 17.8 Å². The molecule has 3 rings (SSSR count). The molecule has 1 unspecified atom stereocenters. The predicted octanol–water partition coefficient (Wildman–Crippen LogP) is 2.43. The van der Waals surface area contributed by atoms with Crippen molar-refractivity contribution in [2.75, 3.05) is 6.54 Å². The second kappa shape index (κ2) is 8.00. The summed E-state index contributed by atoms with van der Waals surface area (Å²) < 4.78 is 6.05. The molecule has 0 saturated carbocycles. The summed E-state index contributed by atoms with van der Waals surface area (Å²) in [6, 6.07) is 9.47. The molecule has 0 radical (unpaired) electrons. The second-order valence-corrected chi connectivity index (χ2v) is 6.88. The fourth-order valence-corrected chi connectivity index (χ4v) is 3.55. The van der Waals surface area contributed by atoms with Crippen molar-refractivity contribution in [3.05, 3.63) is 71.3 Å². The van der Waals surface area contributed by atoms with Gasteiger partial charge in [-0.15, -0.1) is 0 Å². The third kappa shape index (κ3) is 3.46. The molecule has 2 aliphatic heterocycles. The first-order chi connectivity index (χ1) is 13.4. The lowest BCUT2D eigenvalue weighted by molar-refractivity contribution is -0.147. The van der Waals surface area contributed by atoms with E-state index in [2.05, 4.69) is 11.8 Å². The molecule has 1 aromatic carbocycles. The molecule has 7 nitrogen and oxygen atoms in total. The highest BCUT2D eigenvalue weighted by molar-refractivity contribution is 6.24. The number of nitrogens with zero attached hydrogens (tertiary/aromatic N) is 2. The van der Waals surface area contributed by atoms with Crippen LogP contribution in [-0.2, 0) is 14.3 Å². The van der Waals surface area contributed by atoms with Crippen LogP contribution in [0, 0.1) is 10.8 Å². The Kier molecular flexibility index (Phi) is 5.67. The SMILES string of the molecule is C=C1C(=O)C=CN([C@@H]2O[C@@](CC)(CN=O)[C@@H](O)C2/C=C/c2ccccc2)C1=O. The molecule has 28 heavy (non-hydrogen) atoms. The summed E-state index contributed by atoms with van der Waals surface area (Å²) in [6.45, 7) is 5.07. The molecule has 0 spiro atoms. The molecule has 1 amide bonds. The van der Waals surface area contributed by atoms with Gasteiger partial charge in [-0.2, -0.15) is 4.91 Å². The Morgan fingerprint density at radius 1 is 1.32 bits per heavy atom. The number of amides is 1. The van der Waals surface area contributed by atoms with E-state index >= 15 is 0 Å². The number of carbonyl (C=O) groups excluding carboxylic acids is 2. The highest BCUT2D eigenvalue weighted by Gasteiger charge is 2.55. The van der Waals surface area contributed by atoms with Crippen LogP contribution in [0.3, 0.4) is 0 Å². The van der Waals surface area contributed by atoms with E-state index in [0.717, 1.165) is 5.56 Å². The number of ether oxygens (including phenoxy) is 1. The van der Waals surface area contributed by atoms with Crippen molar-refractivity contribution < 1.29 is 19.4 Å². The Morgan fingerprint density at radius 3 is 2.68 bits per heavy atom. The molecule has 2 heterocycles. The van der Waals surface area contributed by atoms with Crippen molar-refractivity contribution in [1.82, 2.24) is 4.90 Å². The molecule has 7 heteroatoms. The number of benzene rings is 1. The summed E-state index contributed by atoms with van der Waals surface area (Å²) in [7, 11) is 0. The minimum Gasteiger partial charge on any atom is -0.389 e. The minimum atomic E-state index is -1.21. The van der Waals surface area contributed by atoms with Gasteiger partial charge in [-0.3, -0.25) is 14.5 Å². The maximum absolute atomic E-state index is 12.6. The molecule has 4 atom stereocenters. The zero-order valence-corrected chi connectivity index (χ0v) is 15.5. The summed E-state index contributed by atoms with van der Waals surface area (Å²) >= 11 is 0. The van der Waals surface area contributed by atoms with Crippen molar-refractivity contribution in [2.24, 2.45) is 11.1 Å². The van der Waals surface area contributed by atoms with Crippen LogP contribution < -0.4 is 0 Å². The van der Waals surface area contributed by atoms with Crippen LogP contribution in [0.1, 0.15) is 18.9 Å². The zero-order valence-electron chi connectivity index (χ0n) is 15.5. The first kappa shape index (κ1) is 19.9. The summed E-state index contributed by atoms with van der Waals surface area (Å²) in [6.07, 6.45) is 4.52. The van der Waals surface area contributed by atoms with Crippen LogP contribution in [0.5, 0.6) is 0 Å². The van der Waals surface area contributed by atoms with Crippen LogP contribution in [-0.4, -0.2) is 46.2 Å². The average molecular weight is 382 g/mol. The van der Waals surface area contributed by atoms with Gasteiger partial charge < -0.3 is 9.84 Å². The minimum absolute atomic E-state index is 0.172. The van der Waals surface area contributed by atoms with E-state index in [9.17, 15) is 19.6 Å². The number of allylic oxidation sites excluding steroid dienone is 1. The Hall–Kier alpha value is -2.90. The molecule has 146 valence electrons. The molecule has 2 aliphatic rings. The summed E-state index contributed by atoms with van der Waals surface area (Å²) in [4.78, 5) is 36.5. The van der Waals surface area contributed by atoms with Gasteiger partial charge in [0.25, 0.3) is 5.91 Å². The first-order valence-corrected chi connectivity index (χ1v) is 9.06. The molecular formula is C21H22N2O5. The van der Waals surface area contributed by atoms with E-state index in [0.29, 0.717) is 6.42 Å². The quantitative estimate of drug-likeness (QED) is 0.463. The van der Waals surface area contributed by atoms with E-state index < -0.39 is 35.5 Å². The average Bonchev–Trinajstić information content (AvgIpc) is 2.98. The van der Waals surface area contributed by atoms with E-state index in [1.54, 1.807) is 13.0 Å². The maximum atomic E-state index is 12.6. The number of rotatable bonds is 6. The molecule has 1 saturated heterocycles. The fourth-order valence-electron chi connectivity index (χ4n) is 3.55. The Balaban J connectivity index is 1.99. The van der Waals surface area contributed by atoms with Gasteiger partial charge in [-0.1, -0.05) is 61.2 Å². The monoisotopic (exact) mass is 382 g/mol. The van der Waals surface area contributed by atoms with Crippen LogP contribution >= 0.6 is 0 Å². The van der Waals surface area contributed by atoms with Crippen molar-refractivity contribution in [3.63, 3.8) is 0 Å². The van der Waals surface area contributed by atoms with Gasteiger partial charge in [-0.05, 0) is 12.0 Å². The van der Waals surface area contributed by atoms with Crippen LogP contribution in [0.4, 0.5) is 0 Å². The van der Waals surface area contributed by atoms with Gasteiger partial charge in [0.15, 0.2) is 5.78 Å². The summed E-state index contributed by atoms with van der Waals surface area (Å²) in [5.41, 5.74) is -0.473. The van der Waals surface area contributed by atoms with Gasteiger partial charge in [0.05, 0.1) is 17.6 Å². The topological polar surface area (TPSA) is 96.3 Å². The number of nitroso groups, excluding NO2 is 1. The standard InChI is InChI=1S/C21H22N2O5/c1-3-21(13-22-27)18(25)16(10-9-15-7-5-4-6-8-15)20(28-21)23-12-11-17(24)14(2)19(23)26/h4-12,16,18,20,25H,2-3,13H2,1H3/b10-9+/t16?,18-,20+,21-/m0/s1. The number of ketones is 1. The third-order valence-electron chi connectivity index (χ3n) is 5.28. The number of hydrogen-bond donors (Lipinski definition) is 1. The Labute approximate surface area is 163 Å². The van der Waals surface area contributed by atoms with Crippen molar-refractivity contribution in [1.29, 1.82) is 0 Å².